The highest BCUT2D eigenvalue weighted by molar-refractivity contribution is 5.77. The lowest BCUT2D eigenvalue weighted by Crippen LogP contribution is -2.56. The highest BCUT2D eigenvalue weighted by Gasteiger charge is 2.48. The van der Waals surface area contributed by atoms with Gasteiger partial charge >= 0.3 is 0 Å². The molecule has 4 fully saturated rings. The Bertz CT molecular complexity index is 357. The highest BCUT2D eigenvalue weighted by Crippen LogP contribution is 2.53. The molecule has 0 aromatic rings. The van der Waals surface area contributed by atoms with Gasteiger partial charge in [0.15, 0.2) is 0 Å². The first-order chi connectivity index (χ1) is 9.33. The number of amides is 1. The van der Waals surface area contributed by atoms with Gasteiger partial charge in [0.05, 0.1) is 0 Å². The molecular weight excluding hydrogens is 248 g/mol. The van der Waals surface area contributed by atoms with E-state index in [2.05, 4.69) is 26.1 Å². The molecule has 0 aliphatic heterocycles. The standard InChI is InChI=1S/C17H30N2O/c1-17(2,3)14(18)9-15(20)19-16-12-5-10-4-11(7-12)8-13(16)6-10/h10-14,16H,4-9,18H2,1-3H3,(H,19,20). The van der Waals surface area contributed by atoms with E-state index in [-0.39, 0.29) is 17.4 Å². The maximum absolute atomic E-state index is 12.3. The quantitative estimate of drug-likeness (QED) is 0.834. The Morgan fingerprint density at radius 3 is 2.05 bits per heavy atom. The third kappa shape index (κ3) is 2.74. The van der Waals surface area contributed by atoms with Gasteiger partial charge in [0, 0.05) is 18.5 Å². The van der Waals surface area contributed by atoms with Crippen LogP contribution in [0.25, 0.3) is 0 Å². The summed E-state index contributed by atoms with van der Waals surface area (Å²) >= 11 is 0. The Hall–Kier alpha value is -0.570. The number of hydrogen-bond acceptors (Lipinski definition) is 2. The number of nitrogens with one attached hydrogen (secondary N) is 1. The van der Waals surface area contributed by atoms with Crippen LogP contribution >= 0.6 is 0 Å². The zero-order valence-corrected chi connectivity index (χ0v) is 13.2. The number of carbonyl (C=O) groups is 1. The molecule has 4 saturated carbocycles. The molecule has 1 unspecified atom stereocenters. The van der Waals surface area contributed by atoms with Crippen molar-refractivity contribution in [3.8, 4) is 0 Å². The number of nitrogens with two attached hydrogens (primary N) is 1. The SMILES string of the molecule is CC(C)(C)C(N)CC(=O)NC1C2CC3CC(C2)CC1C3. The molecule has 0 aromatic heterocycles. The van der Waals surface area contributed by atoms with Crippen LogP contribution in [0.1, 0.15) is 59.3 Å². The summed E-state index contributed by atoms with van der Waals surface area (Å²) in [7, 11) is 0. The van der Waals surface area contributed by atoms with Gasteiger partial charge in [-0.1, -0.05) is 20.8 Å². The molecular formula is C17H30N2O. The van der Waals surface area contributed by atoms with Crippen LogP contribution in [0.3, 0.4) is 0 Å². The molecule has 1 atom stereocenters. The molecule has 4 rings (SSSR count). The van der Waals surface area contributed by atoms with Gasteiger partial charge in [0.2, 0.25) is 5.91 Å². The van der Waals surface area contributed by atoms with Gasteiger partial charge in [-0.15, -0.1) is 0 Å². The van der Waals surface area contributed by atoms with Crippen LogP contribution in [0, 0.1) is 29.1 Å². The molecule has 20 heavy (non-hydrogen) atoms. The predicted octanol–water partition coefficient (Wildman–Crippen LogP) is 2.69. The van der Waals surface area contributed by atoms with E-state index in [1.807, 2.05) is 0 Å². The van der Waals surface area contributed by atoms with Gasteiger partial charge in [-0.05, 0) is 61.2 Å². The Morgan fingerprint density at radius 1 is 1.10 bits per heavy atom. The van der Waals surface area contributed by atoms with Crippen LogP contribution in [-0.2, 0) is 4.79 Å². The van der Waals surface area contributed by atoms with Gasteiger partial charge in [0.25, 0.3) is 0 Å². The molecule has 0 radical (unpaired) electrons. The molecule has 3 nitrogen and oxygen atoms in total. The first kappa shape index (κ1) is 14.4. The van der Waals surface area contributed by atoms with Crippen molar-refractivity contribution in [3.63, 3.8) is 0 Å². The van der Waals surface area contributed by atoms with Crippen molar-refractivity contribution in [3.05, 3.63) is 0 Å². The smallest absolute Gasteiger partial charge is 0.221 e. The minimum absolute atomic E-state index is 0.00139. The second-order valence-corrected chi connectivity index (χ2v) is 8.70. The average Bonchev–Trinajstić information content (AvgIpc) is 2.31. The van der Waals surface area contributed by atoms with E-state index in [0.29, 0.717) is 12.5 Å². The normalized spacial score (nSPS) is 40.7. The average molecular weight is 278 g/mol. The van der Waals surface area contributed by atoms with Gasteiger partial charge < -0.3 is 11.1 Å². The molecule has 0 heterocycles. The van der Waals surface area contributed by atoms with Gasteiger partial charge in [-0.3, -0.25) is 4.79 Å². The van der Waals surface area contributed by atoms with Crippen molar-refractivity contribution in [2.45, 2.75) is 71.4 Å². The lowest BCUT2D eigenvalue weighted by Gasteiger charge is -2.54. The summed E-state index contributed by atoms with van der Waals surface area (Å²) in [6.07, 6.45) is 7.33. The Morgan fingerprint density at radius 2 is 1.60 bits per heavy atom. The maximum atomic E-state index is 12.3. The van der Waals surface area contributed by atoms with E-state index in [0.717, 1.165) is 23.7 Å². The molecule has 4 aliphatic rings. The minimum Gasteiger partial charge on any atom is -0.353 e. The first-order valence-electron chi connectivity index (χ1n) is 8.38. The molecule has 0 saturated heterocycles. The monoisotopic (exact) mass is 278 g/mol. The third-order valence-corrected chi connectivity index (χ3v) is 6.07. The minimum atomic E-state index is -0.0562. The fourth-order valence-corrected chi connectivity index (χ4v) is 4.91. The van der Waals surface area contributed by atoms with Crippen molar-refractivity contribution in [2.75, 3.05) is 0 Å². The summed E-state index contributed by atoms with van der Waals surface area (Å²) in [5.74, 6) is 3.59. The lowest BCUT2D eigenvalue weighted by molar-refractivity contribution is -0.125. The second-order valence-electron chi connectivity index (χ2n) is 8.70. The fraction of sp³-hybridized carbons (Fsp3) is 0.941. The Balaban J connectivity index is 1.57. The van der Waals surface area contributed by atoms with Crippen LogP contribution in [0.2, 0.25) is 0 Å². The first-order valence-corrected chi connectivity index (χ1v) is 8.38. The summed E-state index contributed by atoms with van der Waals surface area (Å²) < 4.78 is 0. The molecule has 4 aliphatic carbocycles. The van der Waals surface area contributed by atoms with E-state index in [9.17, 15) is 4.79 Å². The number of carbonyl (C=O) groups excluding carboxylic acids is 1. The zero-order chi connectivity index (χ0) is 14.5. The molecule has 114 valence electrons. The second kappa shape index (κ2) is 5.01. The van der Waals surface area contributed by atoms with Crippen molar-refractivity contribution in [1.29, 1.82) is 0 Å². The van der Waals surface area contributed by atoms with Crippen LogP contribution in [0.4, 0.5) is 0 Å². The number of rotatable bonds is 3. The largest absolute Gasteiger partial charge is 0.353 e. The zero-order valence-electron chi connectivity index (χ0n) is 13.2. The molecule has 4 bridgehead atoms. The van der Waals surface area contributed by atoms with Crippen molar-refractivity contribution in [1.82, 2.24) is 5.32 Å². The predicted molar refractivity (Wildman–Crippen MR) is 81.0 cm³/mol. The van der Waals surface area contributed by atoms with Crippen LogP contribution < -0.4 is 11.1 Å². The van der Waals surface area contributed by atoms with Gasteiger partial charge in [-0.2, -0.15) is 0 Å². The molecule has 3 N–H and O–H groups in total. The fourth-order valence-electron chi connectivity index (χ4n) is 4.91. The topological polar surface area (TPSA) is 55.1 Å². The maximum Gasteiger partial charge on any atom is 0.221 e. The Kier molecular flexibility index (Phi) is 3.60. The third-order valence-electron chi connectivity index (χ3n) is 6.07. The van der Waals surface area contributed by atoms with E-state index in [1.54, 1.807) is 0 Å². The van der Waals surface area contributed by atoms with Crippen molar-refractivity contribution >= 4 is 5.91 Å². The van der Waals surface area contributed by atoms with E-state index < -0.39 is 0 Å². The molecule has 0 spiro atoms. The summed E-state index contributed by atoms with van der Waals surface area (Å²) in [4.78, 5) is 12.3. The van der Waals surface area contributed by atoms with E-state index in [4.69, 9.17) is 5.73 Å². The van der Waals surface area contributed by atoms with Crippen LogP contribution in [0.5, 0.6) is 0 Å². The molecule has 3 heteroatoms. The lowest BCUT2D eigenvalue weighted by atomic mass is 9.54. The van der Waals surface area contributed by atoms with Crippen molar-refractivity contribution < 1.29 is 4.79 Å². The highest BCUT2D eigenvalue weighted by atomic mass is 16.1. The van der Waals surface area contributed by atoms with Gasteiger partial charge in [-0.25, -0.2) is 0 Å². The Labute approximate surface area is 123 Å². The van der Waals surface area contributed by atoms with Gasteiger partial charge in [0.1, 0.15) is 0 Å². The van der Waals surface area contributed by atoms with Crippen molar-refractivity contribution in [2.24, 2.45) is 34.8 Å². The summed E-state index contributed by atoms with van der Waals surface area (Å²) in [6.45, 7) is 6.31. The summed E-state index contributed by atoms with van der Waals surface area (Å²) in [5, 5.41) is 3.35. The molecule has 0 aromatic carbocycles. The number of hydrogen-bond donors (Lipinski definition) is 2. The summed E-state index contributed by atoms with van der Waals surface area (Å²) in [6, 6.07) is 0.391. The summed E-state index contributed by atoms with van der Waals surface area (Å²) in [5.41, 5.74) is 6.14. The van der Waals surface area contributed by atoms with Crippen LogP contribution in [-0.4, -0.2) is 18.0 Å². The van der Waals surface area contributed by atoms with Crippen LogP contribution in [0.15, 0.2) is 0 Å². The van der Waals surface area contributed by atoms with E-state index >= 15 is 0 Å². The molecule has 1 amide bonds. The van der Waals surface area contributed by atoms with E-state index in [1.165, 1.54) is 32.1 Å².